The molecule has 0 atom stereocenters. The normalized spacial score (nSPS) is 10.0. The van der Waals surface area contributed by atoms with Crippen LogP contribution in [0.1, 0.15) is 20.0 Å². The predicted octanol–water partition coefficient (Wildman–Crippen LogP) is 4.13. The average molecular weight is 381 g/mol. The molecule has 0 fully saturated rings. The summed E-state index contributed by atoms with van der Waals surface area (Å²) in [5, 5.41) is 10.3. The quantitative estimate of drug-likeness (QED) is 0.595. The molecule has 1 heterocycles. The lowest BCUT2D eigenvalue weighted by Gasteiger charge is -2.13. The zero-order valence-corrected chi connectivity index (χ0v) is 15.2. The molecule has 2 aromatic carbocycles. The van der Waals surface area contributed by atoms with Gasteiger partial charge in [-0.05, 0) is 47.9 Å². The van der Waals surface area contributed by atoms with Crippen molar-refractivity contribution in [2.45, 2.75) is 0 Å². The minimum Gasteiger partial charge on any atom is -0.332 e. The summed E-state index contributed by atoms with van der Waals surface area (Å²) in [6.45, 7) is 0. The number of hydrogen-bond donors (Lipinski definition) is 3. The molecule has 0 bridgehead atoms. The number of carbonyl (C=O) groups is 2. The van der Waals surface area contributed by atoms with Crippen LogP contribution in [-0.4, -0.2) is 16.9 Å². The molecule has 26 heavy (non-hydrogen) atoms. The number of amides is 2. The first-order valence-electron chi connectivity index (χ1n) is 7.75. The van der Waals surface area contributed by atoms with Crippen molar-refractivity contribution >= 4 is 51.9 Å². The van der Waals surface area contributed by atoms with Crippen LogP contribution >= 0.6 is 23.6 Å². The fourth-order valence-corrected chi connectivity index (χ4v) is 3.06. The van der Waals surface area contributed by atoms with Gasteiger partial charge in [-0.15, -0.1) is 11.3 Å². The molecule has 3 N–H and O–H groups in total. The number of para-hydroxylation sites is 2. The largest absolute Gasteiger partial charge is 0.332 e. The average Bonchev–Trinajstić information content (AvgIpc) is 3.17. The Labute approximate surface area is 160 Å². The Morgan fingerprint density at radius 3 is 2.27 bits per heavy atom. The van der Waals surface area contributed by atoms with Gasteiger partial charge in [0.1, 0.15) is 0 Å². The van der Waals surface area contributed by atoms with E-state index in [2.05, 4.69) is 16.0 Å². The maximum absolute atomic E-state index is 12.5. The van der Waals surface area contributed by atoms with Gasteiger partial charge in [-0.3, -0.25) is 14.9 Å². The molecule has 2 amide bonds. The minimum atomic E-state index is -0.288. The summed E-state index contributed by atoms with van der Waals surface area (Å²) in [7, 11) is 0. The summed E-state index contributed by atoms with van der Waals surface area (Å²) in [6.07, 6.45) is 0. The lowest BCUT2D eigenvalue weighted by atomic mass is 10.1. The number of hydrogen-bond acceptors (Lipinski definition) is 4. The van der Waals surface area contributed by atoms with Crippen molar-refractivity contribution in [3.63, 3.8) is 0 Å². The van der Waals surface area contributed by atoms with Crippen LogP contribution in [0.4, 0.5) is 11.4 Å². The summed E-state index contributed by atoms with van der Waals surface area (Å²) < 4.78 is 0. The van der Waals surface area contributed by atoms with E-state index in [-0.39, 0.29) is 16.9 Å². The Bertz CT molecular complexity index is 925. The molecule has 0 spiro atoms. The maximum Gasteiger partial charge on any atom is 0.267 e. The summed E-state index contributed by atoms with van der Waals surface area (Å²) in [5.74, 6) is -0.560. The van der Waals surface area contributed by atoms with Gasteiger partial charge in [-0.25, -0.2) is 0 Å². The van der Waals surface area contributed by atoms with Crippen molar-refractivity contribution in [3.05, 3.63) is 82.6 Å². The van der Waals surface area contributed by atoms with E-state index in [1.165, 1.54) is 11.3 Å². The molecule has 0 saturated carbocycles. The van der Waals surface area contributed by atoms with Crippen molar-refractivity contribution in [1.82, 2.24) is 5.32 Å². The predicted molar refractivity (Wildman–Crippen MR) is 109 cm³/mol. The minimum absolute atomic E-state index is 0.128. The standard InChI is InChI=1S/C19H15N3O2S2/c23-17(20-13-7-2-1-3-8-13)14-9-4-5-10-15(14)21-19(25)22-18(24)16-11-6-12-26-16/h1-12H,(H,20,23)(H2,21,22,24,25). The zero-order valence-electron chi connectivity index (χ0n) is 13.6. The lowest BCUT2D eigenvalue weighted by Crippen LogP contribution is -2.34. The van der Waals surface area contributed by atoms with Gasteiger partial charge in [0.05, 0.1) is 16.1 Å². The van der Waals surface area contributed by atoms with Gasteiger partial charge in [0.2, 0.25) is 0 Å². The van der Waals surface area contributed by atoms with E-state index in [1.54, 1.807) is 48.5 Å². The van der Waals surface area contributed by atoms with E-state index < -0.39 is 0 Å². The first-order valence-corrected chi connectivity index (χ1v) is 9.03. The first kappa shape index (κ1) is 17.8. The monoisotopic (exact) mass is 381 g/mol. The summed E-state index contributed by atoms with van der Waals surface area (Å²) >= 11 is 6.52. The molecular weight excluding hydrogens is 366 g/mol. The fourth-order valence-electron chi connectivity index (χ4n) is 2.24. The van der Waals surface area contributed by atoms with Gasteiger partial charge in [0, 0.05) is 5.69 Å². The lowest BCUT2D eigenvalue weighted by molar-refractivity contribution is 0.0980. The Hall–Kier alpha value is -3.03. The van der Waals surface area contributed by atoms with Gasteiger partial charge >= 0.3 is 0 Å². The third-order valence-corrected chi connectivity index (χ3v) is 4.50. The van der Waals surface area contributed by atoms with Crippen LogP contribution in [0.15, 0.2) is 72.1 Å². The topological polar surface area (TPSA) is 70.2 Å². The van der Waals surface area contributed by atoms with Crippen molar-refractivity contribution in [2.75, 3.05) is 10.6 Å². The molecule has 0 saturated heterocycles. The number of carbonyl (C=O) groups excluding carboxylic acids is 2. The van der Waals surface area contributed by atoms with Crippen LogP contribution in [-0.2, 0) is 0 Å². The molecule has 130 valence electrons. The molecule has 7 heteroatoms. The van der Waals surface area contributed by atoms with Crippen LogP contribution in [0.3, 0.4) is 0 Å². The molecule has 3 rings (SSSR count). The number of nitrogens with one attached hydrogen (secondary N) is 3. The number of thiocarbonyl (C=S) groups is 1. The summed E-state index contributed by atoms with van der Waals surface area (Å²) in [6, 6.07) is 19.6. The summed E-state index contributed by atoms with van der Waals surface area (Å²) in [4.78, 5) is 25.2. The van der Waals surface area contributed by atoms with Crippen LogP contribution in [0, 0.1) is 0 Å². The SMILES string of the molecule is O=C(NC(=S)Nc1ccccc1C(=O)Nc1ccccc1)c1cccs1. The van der Waals surface area contributed by atoms with E-state index in [9.17, 15) is 9.59 Å². The second kappa shape index (κ2) is 8.37. The highest BCUT2D eigenvalue weighted by molar-refractivity contribution is 7.80. The third kappa shape index (κ3) is 4.53. The smallest absolute Gasteiger partial charge is 0.267 e. The van der Waals surface area contributed by atoms with E-state index in [4.69, 9.17) is 12.2 Å². The highest BCUT2D eigenvalue weighted by atomic mass is 32.1. The van der Waals surface area contributed by atoms with Crippen molar-refractivity contribution in [2.24, 2.45) is 0 Å². The fraction of sp³-hybridized carbons (Fsp3) is 0. The number of benzene rings is 2. The highest BCUT2D eigenvalue weighted by Gasteiger charge is 2.14. The Morgan fingerprint density at radius 2 is 1.54 bits per heavy atom. The van der Waals surface area contributed by atoms with E-state index >= 15 is 0 Å². The molecule has 0 aliphatic carbocycles. The van der Waals surface area contributed by atoms with Crippen LogP contribution < -0.4 is 16.0 Å². The van der Waals surface area contributed by atoms with Crippen molar-refractivity contribution < 1.29 is 9.59 Å². The molecule has 0 aliphatic rings. The maximum atomic E-state index is 12.5. The van der Waals surface area contributed by atoms with E-state index in [0.29, 0.717) is 21.8 Å². The zero-order chi connectivity index (χ0) is 18.4. The molecule has 0 aliphatic heterocycles. The van der Waals surface area contributed by atoms with Gasteiger partial charge in [-0.1, -0.05) is 36.4 Å². The number of thiophene rings is 1. The molecule has 3 aromatic rings. The molecule has 1 aromatic heterocycles. The Kier molecular flexibility index (Phi) is 5.73. The Morgan fingerprint density at radius 1 is 0.808 bits per heavy atom. The van der Waals surface area contributed by atoms with E-state index in [0.717, 1.165) is 0 Å². The molecule has 0 radical (unpaired) electrons. The Balaban J connectivity index is 1.69. The highest BCUT2D eigenvalue weighted by Crippen LogP contribution is 2.17. The first-order chi connectivity index (χ1) is 12.6. The van der Waals surface area contributed by atoms with Gasteiger partial charge in [0.25, 0.3) is 11.8 Å². The van der Waals surface area contributed by atoms with Gasteiger partial charge < -0.3 is 10.6 Å². The van der Waals surface area contributed by atoms with Crippen molar-refractivity contribution in [1.29, 1.82) is 0 Å². The van der Waals surface area contributed by atoms with Gasteiger partial charge in [-0.2, -0.15) is 0 Å². The second-order valence-electron chi connectivity index (χ2n) is 5.25. The second-order valence-corrected chi connectivity index (χ2v) is 6.61. The number of anilines is 2. The number of rotatable bonds is 4. The van der Waals surface area contributed by atoms with Crippen LogP contribution in [0.25, 0.3) is 0 Å². The molecule has 0 unspecified atom stereocenters. The van der Waals surface area contributed by atoms with Crippen LogP contribution in [0.2, 0.25) is 0 Å². The van der Waals surface area contributed by atoms with Crippen molar-refractivity contribution in [3.8, 4) is 0 Å². The third-order valence-electron chi connectivity index (χ3n) is 3.42. The summed E-state index contributed by atoms with van der Waals surface area (Å²) in [5.41, 5.74) is 1.63. The van der Waals surface area contributed by atoms with Gasteiger partial charge in [0.15, 0.2) is 5.11 Å². The molecular formula is C19H15N3O2S2. The molecule has 5 nitrogen and oxygen atoms in total. The van der Waals surface area contributed by atoms with E-state index in [1.807, 2.05) is 23.6 Å². The van der Waals surface area contributed by atoms with Crippen LogP contribution in [0.5, 0.6) is 0 Å².